The maximum absolute atomic E-state index is 12.6. The molecule has 2 unspecified atom stereocenters. The molecule has 6 heteroatoms. The molecule has 116 valence electrons. The van der Waals surface area contributed by atoms with Gasteiger partial charge in [-0.3, -0.25) is 4.79 Å². The molecule has 1 aliphatic heterocycles. The number of urea groups is 1. The fourth-order valence-corrected chi connectivity index (χ4v) is 2.75. The Hall–Kier alpha value is -1.30. The highest BCUT2D eigenvalue weighted by atomic mass is 16.4. The number of carbonyl (C=O) groups excluding carboxylic acids is 1. The molecule has 2 amide bonds. The van der Waals surface area contributed by atoms with Gasteiger partial charge in [0.2, 0.25) is 0 Å². The summed E-state index contributed by atoms with van der Waals surface area (Å²) in [5.74, 6) is -0.438. The number of rotatable bonds is 5. The van der Waals surface area contributed by atoms with Gasteiger partial charge in [-0.25, -0.2) is 4.79 Å². The fourth-order valence-electron chi connectivity index (χ4n) is 2.75. The zero-order valence-corrected chi connectivity index (χ0v) is 13.2. The molecular formula is C14H27N3O3. The second-order valence-corrected chi connectivity index (χ2v) is 6.13. The van der Waals surface area contributed by atoms with E-state index in [1.54, 1.807) is 4.90 Å². The molecule has 1 heterocycles. The molecule has 0 saturated carbocycles. The van der Waals surface area contributed by atoms with E-state index in [1.165, 1.54) is 0 Å². The molecule has 1 rings (SSSR count). The second-order valence-electron chi connectivity index (χ2n) is 6.13. The van der Waals surface area contributed by atoms with Crippen LogP contribution in [-0.2, 0) is 4.79 Å². The third kappa shape index (κ3) is 4.10. The average Bonchev–Trinajstić information content (AvgIpc) is 2.70. The van der Waals surface area contributed by atoms with E-state index in [0.29, 0.717) is 18.5 Å². The highest BCUT2D eigenvalue weighted by Gasteiger charge is 2.35. The molecule has 1 fully saturated rings. The minimum atomic E-state index is -0.871. The Bertz CT molecular complexity index is 358. The summed E-state index contributed by atoms with van der Waals surface area (Å²) in [5, 5.41) is 8.79. The minimum Gasteiger partial charge on any atom is -0.481 e. The number of likely N-dealkylation sites (N-methyl/N-ethyl adjacent to an activating group) is 1. The average molecular weight is 285 g/mol. The van der Waals surface area contributed by atoms with Crippen LogP contribution in [0.1, 0.15) is 27.2 Å². The van der Waals surface area contributed by atoms with Crippen molar-refractivity contribution in [3.05, 3.63) is 0 Å². The van der Waals surface area contributed by atoms with Crippen molar-refractivity contribution in [1.29, 1.82) is 0 Å². The first-order valence-corrected chi connectivity index (χ1v) is 7.17. The summed E-state index contributed by atoms with van der Waals surface area (Å²) in [7, 11) is 4.06. The van der Waals surface area contributed by atoms with Crippen LogP contribution in [0.2, 0.25) is 0 Å². The summed E-state index contributed by atoms with van der Waals surface area (Å²) < 4.78 is 0. The Morgan fingerprint density at radius 1 is 1.30 bits per heavy atom. The number of likely N-dealkylation sites (tertiary alicyclic amines) is 1. The van der Waals surface area contributed by atoms with Crippen LogP contribution in [0.25, 0.3) is 0 Å². The Labute approximate surface area is 121 Å². The first-order valence-electron chi connectivity index (χ1n) is 7.17. The first-order chi connectivity index (χ1) is 9.23. The number of carboxylic acid groups (broad SMARTS) is 1. The van der Waals surface area contributed by atoms with Crippen molar-refractivity contribution in [3.63, 3.8) is 0 Å². The minimum absolute atomic E-state index is 0.00950. The van der Waals surface area contributed by atoms with Gasteiger partial charge in [0.1, 0.15) is 0 Å². The van der Waals surface area contributed by atoms with Crippen molar-refractivity contribution >= 4 is 12.0 Å². The number of carboxylic acids is 1. The molecule has 0 aromatic carbocycles. The predicted octanol–water partition coefficient (Wildman–Crippen LogP) is 1.17. The lowest BCUT2D eigenvalue weighted by atomic mass is 10.1. The Kier molecular flexibility index (Phi) is 5.80. The van der Waals surface area contributed by atoms with Gasteiger partial charge in [0.05, 0.1) is 6.42 Å². The van der Waals surface area contributed by atoms with E-state index in [1.807, 2.05) is 32.8 Å². The van der Waals surface area contributed by atoms with Gasteiger partial charge in [-0.1, -0.05) is 6.92 Å². The van der Waals surface area contributed by atoms with Gasteiger partial charge in [0.15, 0.2) is 0 Å². The van der Waals surface area contributed by atoms with Crippen molar-refractivity contribution in [2.75, 3.05) is 33.7 Å². The highest BCUT2D eigenvalue weighted by molar-refractivity contribution is 5.76. The molecular weight excluding hydrogens is 258 g/mol. The lowest BCUT2D eigenvalue weighted by molar-refractivity contribution is -0.137. The number of amides is 2. The normalized spacial score (nSPS) is 22.6. The van der Waals surface area contributed by atoms with Gasteiger partial charge in [0.25, 0.3) is 0 Å². The summed E-state index contributed by atoms with van der Waals surface area (Å²) >= 11 is 0. The van der Waals surface area contributed by atoms with Gasteiger partial charge < -0.3 is 19.8 Å². The van der Waals surface area contributed by atoms with Crippen molar-refractivity contribution in [2.24, 2.45) is 5.92 Å². The van der Waals surface area contributed by atoms with E-state index in [9.17, 15) is 9.59 Å². The molecule has 6 nitrogen and oxygen atoms in total. The molecule has 1 N–H and O–H groups in total. The maximum Gasteiger partial charge on any atom is 0.320 e. The molecule has 0 aromatic rings. The molecule has 1 aliphatic rings. The van der Waals surface area contributed by atoms with E-state index < -0.39 is 5.97 Å². The SMILES string of the molecule is CC1CN(C(=O)N(CCC(=O)O)C(C)C)CC1N(C)C. The molecule has 0 spiro atoms. The first kappa shape index (κ1) is 16.8. The third-order valence-electron chi connectivity index (χ3n) is 3.94. The zero-order valence-electron chi connectivity index (χ0n) is 13.2. The largest absolute Gasteiger partial charge is 0.481 e. The van der Waals surface area contributed by atoms with Crippen LogP contribution >= 0.6 is 0 Å². The van der Waals surface area contributed by atoms with Crippen molar-refractivity contribution in [2.45, 2.75) is 39.3 Å². The van der Waals surface area contributed by atoms with Gasteiger partial charge in [-0.15, -0.1) is 0 Å². The number of carbonyl (C=O) groups is 2. The Morgan fingerprint density at radius 3 is 2.30 bits per heavy atom. The van der Waals surface area contributed by atoms with Crippen molar-refractivity contribution in [1.82, 2.24) is 14.7 Å². The number of nitrogens with zero attached hydrogens (tertiary/aromatic N) is 3. The molecule has 2 atom stereocenters. The van der Waals surface area contributed by atoms with Gasteiger partial charge in [-0.2, -0.15) is 0 Å². The maximum atomic E-state index is 12.6. The third-order valence-corrected chi connectivity index (χ3v) is 3.94. The van der Waals surface area contributed by atoms with Crippen molar-refractivity contribution in [3.8, 4) is 0 Å². The van der Waals surface area contributed by atoms with Crippen LogP contribution in [0.15, 0.2) is 0 Å². The number of hydrogen-bond acceptors (Lipinski definition) is 3. The van der Waals surface area contributed by atoms with E-state index in [-0.39, 0.29) is 25.0 Å². The van der Waals surface area contributed by atoms with Crippen LogP contribution in [0.4, 0.5) is 4.79 Å². The van der Waals surface area contributed by atoms with Crippen LogP contribution in [0.3, 0.4) is 0 Å². The van der Waals surface area contributed by atoms with Crippen molar-refractivity contribution < 1.29 is 14.7 Å². The van der Waals surface area contributed by atoms with Gasteiger partial charge >= 0.3 is 12.0 Å². The monoisotopic (exact) mass is 285 g/mol. The van der Waals surface area contributed by atoms with E-state index >= 15 is 0 Å². The smallest absolute Gasteiger partial charge is 0.320 e. The van der Waals surface area contributed by atoms with Gasteiger partial charge in [-0.05, 0) is 33.9 Å². The van der Waals surface area contributed by atoms with E-state index in [2.05, 4.69) is 11.8 Å². The standard InChI is InChI=1S/C14H27N3O3/c1-10(2)17(7-6-13(18)19)14(20)16-8-11(3)12(9-16)15(4)5/h10-12H,6-9H2,1-5H3,(H,18,19). The molecule has 0 radical (unpaired) electrons. The zero-order chi connectivity index (χ0) is 15.4. The summed E-state index contributed by atoms with van der Waals surface area (Å²) in [6.07, 6.45) is -0.00950. The van der Waals surface area contributed by atoms with Crippen LogP contribution in [0, 0.1) is 5.92 Å². The molecule has 20 heavy (non-hydrogen) atoms. The molecule has 0 bridgehead atoms. The Morgan fingerprint density at radius 2 is 1.90 bits per heavy atom. The molecule has 0 aromatic heterocycles. The van der Waals surface area contributed by atoms with Crippen LogP contribution < -0.4 is 0 Å². The van der Waals surface area contributed by atoms with Crippen LogP contribution in [-0.4, -0.2) is 77.6 Å². The fraction of sp³-hybridized carbons (Fsp3) is 0.857. The summed E-state index contributed by atoms with van der Waals surface area (Å²) in [6.45, 7) is 7.70. The quantitative estimate of drug-likeness (QED) is 0.823. The van der Waals surface area contributed by atoms with E-state index in [4.69, 9.17) is 5.11 Å². The number of aliphatic carboxylic acids is 1. The Balaban J connectivity index is 2.69. The molecule has 1 saturated heterocycles. The summed E-state index contributed by atoms with van der Waals surface area (Å²) in [5.41, 5.74) is 0. The lowest BCUT2D eigenvalue weighted by Crippen LogP contribution is -2.47. The second kappa shape index (κ2) is 6.92. The summed E-state index contributed by atoms with van der Waals surface area (Å²) in [4.78, 5) is 28.9. The van der Waals surface area contributed by atoms with E-state index in [0.717, 1.165) is 6.54 Å². The number of hydrogen-bond donors (Lipinski definition) is 1. The summed E-state index contributed by atoms with van der Waals surface area (Å²) in [6, 6.07) is 0.334. The van der Waals surface area contributed by atoms with Gasteiger partial charge in [0, 0.05) is 31.7 Å². The van der Waals surface area contributed by atoms with Crippen LogP contribution in [0.5, 0.6) is 0 Å². The molecule has 0 aliphatic carbocycles. The highest BCUT2D eigenvalue weighted by Crippen LogP contribution is 2.21. The lowest BCUT2D eigenvalue weighted by Gasteiger charge is -2.31. The topological polar surface area (TPSA) is 64.1 Å². The predicted molar refractivity (Wildman–Crippen MR) is 77.7 cm³/mol.